The average Bonchev–Trinajstić information content (AvgIpc) is 3.28. The lowest BCUT2D eigenvalue weighted by molar-refractivity contribution is -0.130. The zero-order chi connectivity index (χ0) is 15.6. The third-order valence-corrected chi connectivity index (χ3v) is 6.17. The number of aromatic nitrogens is 5. The van der Waals surface area contributed by atoms with Crippen molar-refractivity contribution in [2.45, 2.75) is 37.5 Å². The molecule has 7 nitrogen and oxygen atoms in total. The van der Waals surface area contributed by atoms with E-state index in [1.54, 1.807) is 0 Å². The Hall–Kier alpha value is -2.18. The third kappa shape index (κ3) is 1.59. The molecule has 3 atom stereocenters. The fraction of sp³-hybridized carbons (Fsp3) is 0.625. The highest BCUT2D eigenvalue weighted by molar-refractivity contribution is 5.97. The number of hydrogen-bond donors (Lipinski definition) is 1. The highest BCUT2D eigenvalue weighted by atomic mass is 16.2. The molecule has 0 radical (unpaired) electrons. The first-order chi connectivity index (χ1) is 11.2. The van der Waals surface area contributed by atoms with Crippen molar-refractivity contribution in [1.82, 2.24) is 25.2 Å². The topological polar surface area (TPSA) is 79.7 Å². The van der Waals surface area contributed by atoms with Gasteiger partial charge in [0, 0.05) is 30.9 Å². The van der Waals surface area contributed by atoms with Crippen LogP contribution in [0.4, 0.5) is 5.82 Å². The molecule has 1 amide bonds. The van der Waals surface area contributed by atoms with Gasteiger partial charge in [0.15, 0.2) is 5.82 Å². The van der Waals surface area contributed by atoms with Crippen molar-refractivity contribution >= 4 is 11.7 Å². The Bertz CT molecular complexity index is 775. The number of fused-ring (bicyclic) bond motifs is 2. The second-order valence-corrected chi connectivity index (χ2v) is 7.16. The van der Waals surface area contributed by atoms with Gasteiger partial charge in [0.2, 0.25) is 5.91 Å². The summed E-state index contributed by atoms with van der Waals surface area (Å²) in [5.74, 6) is 1.55. The monoisotopic (exact) mass is 312 g/mol. The molecule has 3 heterocycles. The lowest BCUT2D eigenvalue weighted by Crippen LogP contribution is -2.55. The lowest BCUT2D eigenvalue weighted by atomic mass is 9.58. The summed E-state index contributed by atoms with van der Waals surface area (Å²) in [6.07, 6.45) is 7.04. The van der Waals surface area contributed by atoms with E-state index in [0.29, 0.717) is 5.92 Å². The van der Waals surface area contributed by atoms with Gasteiger partial charge in [0.05, 0.1) is 5.92 Å². The number of hydrogen-bond acceptors (Lipinski definition) is 4. The van der Waals surface area contributed by atoms with E-state index in [1.807, 2.05) is 22.8 Å². The van der Waals surface area contributed by atoms with E-state index in [2.05, 4.69) is 26.6 Å². The molecule has 0 unspecified atom stereocenters. The van der Waals surface area contributed by atoms with Crippen molar-refractivity contribution in [3.63, 3.8) is 0 Å². The van der Waals surface area contributed by atoms with Gasteiger partial charge in [-0.1, -0.05) is 0 Å². The van der Waals surface area contributed by atoms with Gasteiger partial charge in [-0.25, -0.2) is 0 Å². The summed E-state index contributed by atoms with van der Waals surface area (Å²) in [5.41, 5.74) is 2.11. The molecule has 2 bridgehead atoms. The number of H-pyrrole nitrogens is 1. The molecule has 3 saturated carbocycles. The zero-order valence-corrected chi connectivity index (χ0v) is 13.2. The summed E-state index contributed by atoms with van der Waals surface area (Å²) in [4.78, 5) is 15.2. The first kappa shape index (κ1) is 13.3. The zero-order valence-electron chi connectivity index (χ0n) is 13.2. The number of carbonyl (C=O) groups excluding carboxylic acids is 1. The molecule has 120 valence electrons. The fourth-order valence-corrected chi connectivity index (χ4v) is 5.19. The van der Waals surface area contributed by atoms with Crippen molar-refractivity contribution < 1.29 is 4.79 Å². The molecule has 23 heavy (non-hydrogen) atoms. The van der Waals surface area contributed by atoms with Crippen molar-refractivity contribution in [1.29, 1.82) is 0 Å². The number of aryl methyl sites for hydroxylation is 2. The minimum Gasteiger partial charge on any atom is -0.293 e. The van der Waals surface area contributed by atoms with E-state index in [9.17, 15) is 4.79 Å². The van der Waals surface area contributed by atoms with Crippen LogP contribution in [0.1, 0.15) is 37.1 Å². The minimum absolute atomic E-state index is 0.0195. The van der Waals surface area contributed by atoms with Crippen LogP contribution in [0.25, 0.3) is 0 Å². The average molecular weight is 312 g/mol. The normalized spacial score (nSPS) is 31.8. The van der Waals surface area contributed by atoms with Crippen LogP contribution in [0, 0.1) is 11.8 Å². The number of amides is 1. The second-order valence-electron chi connectivity index (χ2n) is 7.16. The minimum atomic E-state index is -0.0195. The van der Waals surface area contributed by atoms with Gasteiger partial charge in [-0.2, -0.15) is 15.4 Å². The molecule has 3 fully saturated rings. The smallest absolute Gasteiger partial charge is 0.232 e. The SMILES string of the molecule is Cn1nccc1[C@@]12CC[C@@H](C1)[C@@H]2C(=O)N1CCCc2n[nH]nc21. The fourth-order valence-electron chi connectivity index (χ4n) is 5.19. The molecule has 6 rings (SSSR count). The van der Waals surface area contributed by atoms with E-state index >= 15 is 0 Å². The lowest BCUT2D eigenvalue weighted by Gasteiger charge is -2.48. The first-order valence-corrected chi connectivity index (χ1v) is 8.40. The summed E-state index contributed by atoms with van der Waals surface area (Å²) >= 11 is 0. The molecule has 2 aromatic heterocycles. The Morgan fingerprint density at radius 1 is 1.43 bits per heavy atom. The molecule has 1 aliphatic heterocycles. The number of rotatable bonds is 2. The van der Waals surface area contributed by atoms with E-state index < -0.39 is 0 Å². The van der Waals surface area contributed by atoms with Crippen LogP contribution < -0.4 is 4.90 Å². The quantitative estimate of drug-likeness (QED) is 0.903. The van der Waals surface area contributed by atoms with Crippen LogP contribution >= 0.6 is 0 Å². The number of anilines is 1. The summed E-state index contributed by atoms with van der Waals surface area (Å²) in [6.45, 7) is 0.753. The highest BCUT2D eigenvalue weighted by Gasteiger charge is 2.64. The largest absolute Gasteiger partial charge is 0.293 e. The van der Waals surface area contributed by atoms with Crippen molar-refractivity contribution in [2.24, 2.45) is 18.9 Å². The number of carbonyl (C=O) groups is 1. The highest BCUT2D eigenvalue weighted by Crippen LogP contribution is 2.64. The number of nitrogens with zero attached hydrogens (tertiary/aromatic N) is 5. The summed E-state index contributed by atoms with van der Waals surface area (Å²) in [6, 6.07) is 2.08. The molecular formula is C16H20N6O. The van der Waals surface area contributed by atoms with E-state index in [1.165, 1.54) is 5.69 Å². The summed E-state index contributed by atoms with van der Waals surface area (Å²) in [5, 5.41) is 15.4. The first-order valence-electron chi connectivity index (χ1n) is 8.40. The Balaban J connectivity index is 1.51. The maximum Gasteiger partial charge on any atom is 0.232 e. The van der Waals surface area contributed by atoms with Crippen molar-refractivity contribution in [2.75, 3.05) is 11.4 Å². The standard InChI is InChI=1S/C16H20N6O/c1-21-12(5-7-17-21)16-6-4-10(9-16)13(16)15(23)22-8-2-3-11-14(22)19-20-18-11/h5,7,10,13H,2-4,6,8-9H2,1H3,(H,18,19,20)/t10-,13+,16+/m0/s1. The van der Waals surface area contributed by atoms with Gasteiger partial charge >= 0.3 is 0 Å². The van der Waals surface area contributed by atoms with Gasteiger partial charge in [-0.15, -0.1) is 5.10 Å². The molecule has 7 heteroatoms. The molecule has 0 spiro atoms. The Morgan fingerprint density at radius 2 is 2.35 bits per heavy atom. The maximum atomic E-state index is 13.3. The van der Waals surface area contributed by atoms with Crippen LogP contribution in [0.2, 0.25) is 0 Å². The summed E-state index contributed by atoms with van der Waals surface area (Å²) < 4.78 is 1.94. The maximum absolute atomic E-state index is 13.3. The van der Waals surface area contributed by atoms with Gasteiger partial charge in [-0.3, -0.25) is 14.4 Å². The van der Waals surface area contributed by atoms with Crippen LogP contribution in [0.5, 0.6) is 0 Å². The Labute approximate surface area is 134 Å². The summed E-state index contributed by atoms with van der Waals surface area (Å²) in [7, 11) is 1.98. The van der Waals surface area contributed by atoms with Gasteiger partial charge in [-0.05, 0) is 44.1 Å². The Morgan fingerprint density at radius 3 is 3.13 bits per heavy atom. The number of aromatic amines is 1. The van der Waals surface area contributed by atoms with Crippen LogP contribution in [0.15, 0.2) is 12.3 Å². The van der Waals surface area contributed by atoms with E-state index in [-0.39, 0.29) is 17.2 Å². The molecular weight excluding hydrogens is 292 g/mol. The van der Waals surface area contributed by atoms with Crippen LogP contribution in [0.3, 0.4) is 0 Å². The predicted octanol–water partition coefficient (Wildman–Crippen LogP) is 1.19. The molecule has 2 aromatic rings. The van der Waals surface area contributed by atoms with Crippen LogP contribution in [-0.2, 0) is 23.7 Å². The molecule has 0 aromatic carbocycles. The van der Waals surface area contributed by atoms with Gasteiger partial charge < -0.3 is 0 Å². The third-order valence-electron chi connectivity index (χ3n) is 6.17. The molecule has 4 aliphatic rings. The molecule has 1 N–H and O–H groups in total. The number of nitrogens with one attached hydrogen (secondary N) is 1. The van der Waals surface area contributed by atoms with E-state index in [0.717, 1.165) is 50.2 Å². The van der Waals surface area contributed by atoms with Crippen molar-refractivity contribution in [3.8, 4) is 0 Å². The van der Waals surface area contributed by atoms with Crippen LogP contribution in [-0.4, -0.2) is 37.6 Å². The van der Waals surface area contributed by atoms with Gasteiger partial charge in [0.25, 0.3) is 0 Å². The Kier molecular flexibility index (Phi) is 2.56. The van der Waals surface area contributed by atoms with Crippen molar-refractivity contribution in [3.05, 3.63) is 23.7 Å². The molecule has 0 saturated heterocycles. The second kappa shape index (κ2) is 4.43. The molecule has 3 aliphatic carbocycles. The predicted molar refractivity (Wildman–Crippen MR) is 82.8 cm³/mol. The van der Waals surface area contributed by atoms with Gasteiger partial charge in [0.1, 0.15) is 5.69 Å². The van der Waals surface area contributed by atoms with E-state index in [4.69, 9.17) is 0 Å².